The maximum atomic E-state index is 9.27. The summed E-state index contributed by atoms with van der Waals surface area (Å²) in [5.74, 6) is 0. The highest BCUT2D eigenvalue weighted by molar-refractivity contribution is 5.09. The van der Waals surface area contributed by atoms with Gasteiger partial charge >= 0.3 is 0 Å². The van der Waals surface area contributed by atoms with Crippen LogP contribution in [0.4, 0.5) is 0 Å². The lowest BCUT2D eigenvalue weighted by Crippen LogP contribution is -2.47. The maximum Gasteiger partial charge on any atom is 0.109 e. The second kappa shape index (κ2) is 10.9. The molecule has 0 heterocycles. The van der Waals surface area contributed by atoms with E-state index in [1.807, 2.05) is 7.05 Å². The Labute approximate surface area is 127 Å². The summed E-state index contributed by atoms with van der Waals surface area (Å²) in [6.07, 6.45) is 3.83. The third-order valence-electron chi connectivity index (χ3n) is 3.78. The monoisotopic (exact) mass is 300 g/mol. The lowest BCUT2D eigenvalue weighted by atomic mass is 9.81. The van der Waals surface area contributed by atoms with Crippen LogP contribution < -0.4 is 5.32 Å². The molecule has 0 saturated heterocycles. The third-order valence-corrected chi connectivity index (χ3v) is 3.78. The quantitative estimate of drug-likeness (QED) is 0.576. The van der Waals surface area contributed by atoms with Crippen LogP contribution in [0.1, 0.15) is 25.7 Å². The molecule has 2 unspecified atom stereocenters. The lowest BCUT2D eigenvalue weighted by molar-refractivity contribution is -0.0329. The van der Waals surface area contributed by atoms with E-state index in [1.54, 1.807) is 7.11 Å². The number of ether oxygens (including phenoxy) is 4. The molecule has 0 aromatic carbocycles. The third kappa shape index (κ3) is 7.21. The van der Waals surface area contributed by atoms with Gasteiger partial charge in [-0.15, -0.1) is 0 Å². The minimum Gasteiger partial charge on any atom is -0.382 e. The summed E-state index contributed by atoms with van der Waals surface area (Å²) in [4.78, 5) is 0. The smallest absolute Gasteiger partial charge is 0.109 e. The first-order valence-electron chi connectivity index (χ1n) is 7.62. The molecule has 21 heavy (non-hydrogen) atoms. The van der Waals surface area contributed by atoms with Gasteiger partial charge in [-0.25, -0.2) is 0 Å². The van der Waals surface area contributed by atoms with Crippen LogP contribution in [0.2, 0.25) is 0 Å². The van der Waals surface area contributed by atoms with Crippen LogP contribution in [0.15, 0.2) is 0 Å². The Bertz CT molecular complexity index is 309. The first kappa shape index (κ1) is 18.3. The summed E-state index contributed by atoms with van der Waals surface area (Å²) in [5.41, 5.74) is -0.418. The summed E-state index contributed by atoms with van der Waals surface area (Å²) in [7, 11) is 3.50. The van der Waals surface area contributed by atoms with Crippen LogP contribution in [0.5, 0.6) is 0 Å². The molecule has 0 aromatic heterocycles. The molecule has 1 N–H and O–H groups in total. The Hall–Kier alpha value is -0.710. The molecular formula is C15H28N2O4. The van der Waals surface area contributed by atoms with Crippen molar-refractivity contribution in [3.63, 3.8) is 0 Å². The topological polar surface area (TPSA) is 72.7 Å². The molecule has 6 heteroatoms. The highest BCUT2D eigenvalue weighted by atomic mass is 16.6. The van der Waals surface area contributed by atoms with Gasteiger partial charge in [0, 0.05) is 13.5 Å². The van der Waals surface area contributed by atoms with Gasteiger partial charge in [-0.05, 0) is 26.3 Å². The minimum atomic E-state index is -0.418. The number of methoxy groups -OCH3 is 1. The number of nitrogens with zero attached hydrogens (tertiary/aromatic N) is 1. The maximum absolute atomic E-state index is 9.27. The Morgan fingerprint density at radius 2 is 1.81 bits per heavy atom. The van der Waals surface area contributed by atoms with E-state index in [9.17, 15) is 5.26 Å². The van der Waals surface area contributed by atoms with E-state index in [-0.39, 0.29) is 6.10 Å². The molecule has 0 bridgehead atoms. The number of hydrogen-bond acceptors (Lipinski definition) is 6. The van der Waals surface area contributed by atoms with Crippen LogP contribution in [0, 0.1) is 11.3 Å². The molecular weight excluding hydrogens is 272 g/mol. The van der Waals surface area contributed by atoms with E-state index in [2.05, 4.69) is 11.4 Å². The van der Waals surface area contributed by atoms with Crippen LogP contribution in [0.3, 0.4) is 0 Å². The van der Waals surface area contributed by atoms with Crippen molar-refractivity contribution in [2.75, 3.05) is 53.8 Å². The number of nitrogens with one attached hydrogen (secondary N) is 1. The van der Waals surface area contributed by atoms with E-state index in [4.69, 9.17) is 18.9 Å². The fraction of sp³-hybridized carbons (Fsp3) is 0.933. The molecule has 0 aliphatic heterocycles. The Morgan fingerprint density at radius 1 is 1.14 bits per heavy atom. The average Bonchev–Trinajstić information content (AvgIpc) is 2.53. The molecule has 2 atom stereocenters. The van der Waals surface area contributed by atoms with Crippen molar-refractivity contribution in [3.05, 3.63) is 0 Å². The molecule has 1 saturated carbocycles. The second-order valence-corrected chi connectivity index (χ2v) is 5.25. The van der Waals surface area contributed by atoms with Gasteiger partial charge in [0.25, 0.3) is 0 Å². The van der Waals surface area contributed by atoms with E-state index in [0.717, 1.165) is 25.7 Å². The lowest BCUT2D eigenvalue weighted by Gasteiger charge is -2.35. The molecule has 0 radical (unpaired) electrons. The molecule has 0 spiro atoms. The zero-order chi connectivity index (χ0) is 15.4. The van der Waals surface area contributed by atoms with Gasteiger partial charge in [0.15, 0.2) is 0 Å². The van der Waals surface area contributed by atoms with Gasteiger partial charge in [0.05, 0.1) is 51.8 Å². The number of rotatable bonds is 11. The van der Waals surface area contributed by atoms with E-state index in [1.165, 1.54) is 0 Å². The van der Waals surface area contributed by atoms with E-state index < -0.39 is 5.54 Å². The van der Waals surface area contributed by atoms with Gasteiger partial charge in [0.1, 0.15) is 5.54 Å². The highest BCUT2D eigenvalue weighted by Crippen LogP contribution is 2.29. The summed E-state index contributed by atoms with van der Waals surface area (Å²) in [6.45, 7) is 3.47. The van der Waals surface area contributed by atoms with Crippen molar-refractivity contribution in [1.82, 2.24) is 5.32 Å². The molecule has 1 fully saturated rings. The van der Waals surface area contributed by atoms with Gasteiger partial charge in [-0.3, -0.25) is 0 Å². The predicted molar refractivity (Wildman–Crippen MR) is 79.1 cm³/mol. The average molecular weight is 300 g/mol. The molecule has 122 valence electrons. The summed E-state index contributed by atoms with van der Waals surface area (Å²) >= 11 is 0. The van der Waals surface area contributed by atoms with Crippen LogP contribution in [-0.2, 0) is 18.9 Å². The fourth-order valence-electron chi connectivity index (χ4n) is 2.49. The largest absolute Gasteiger partial charge is 0.382 e. The summed E-state index contributed by atoms with van der Waals surface area (Å²) in [6, 6.07) is 2.38. The Balaban J connectivity index is 2.01. The minimum absolute atomic E-state index is 0.146. The predicted octanol–water partition coefficient (Wildman–Crippen LogP) is 1.11. The summed E-state index contributed by atoms with van der Waals surface area (Å²) < 4.78 is 21.4. The Kier molecular flexibility index (Phi) is 9.55. The first-order chi connectivity index (χ1) is 10.3. The molecule has 1 aliphatic carbocycles. The van der Waals surface area contributed by atoms with Crippen molar-refractivity contribution in [1.29, 1.82) is 5.26 Å². The second-order valence-electron chi connectivity index (χ2n) is 5.25. The van der Waals surface area contributed by atoms with Crippen LogP contribution >= 0.6 is 0 Å². The number of nitriles is 1. The first-order valence-corrected chi connectivity index (χ1v) is 7.62. The van der Waals surface area contributed by atoms with Crippen molar-refractivity contribution in [3.8, 4) is 6.07 Å². The van der Waals surface area contributed by atoms with Gasteiger partial charge in [0.2, 0.25) is 0 Å². The van der Waals surface area contributed by atoms with Crippen molar-refractivity contribution >= 4 is 0 Å². The Morgan fingerprint density at radius 3 is 2.43 bits per heavy atom. The molecule has 0 amide bonds. The van der Waals surface area contributed by atoms with Crippen molar-refractivity contribution in [2.24, 2.45) is 0 Å². The van der Waals surface area contributed by atoms with Crippen LogP contribution in [0.25, 0.3) is 0 Å². The highest BCUT2D eigenvalue weighted by Gasteiger charge is 2.35. The van der Waals surface area contributed by atoms with Gasteiger partial charge in [-0.1, -0.05) is 0 Å². The van der Waals surface area contributed by atoms with E-state index >= 15 is 0 Å². The van der Waals surface area contributed by atoms with E-state index in [0.29, 0.717) is 39.6 Å². The molecule has 1 aliphatic rings. The normalized spacial score (nSPS) is 25.7. The van der Waals surface area contributed by atoms with Crippen LogP contribution in [-0.4, -0.2) is 65.4 Å². The van der Waals surface area contributed by atoms with Crippen molar-refractivity contribution in [2.45, 2.75) is 37.3 Å². The van der Waals surface area contributed by atoms with Crippen molar-refractivity contribution < 1.29 is 18.9 Å². The molecule has 6 nitrogen and oxygen atoms in total. The SMILES string of the molecule is CNC1(C#N)CCCC(OCCOCCOCCOC)C1. The van der Waals surface area contributed by atoms with Gasteiger partial charge in [-0.2, -0.15) is 5.26 Å². The van der Waals surface area contributed by atoms with Gasteiger partial charge < -0.3 is 24.3 Å². The zero-order valence-corrected chi connectivity index (χ0v) is 13.2. The standard InChI is InChI=1S/C15H28N2O4/c1-17-15(13-16)5-3-4-14(12-15)21-11-10-20-9-8-19-7-6-18-2/h14,17H,3-12H2,1-2H3. The molecule has 0 aromatic rings. The zero-order valence-electron chi connectivity index (χ0n) is 13.2. The fourth-order valence-corrected chi connectivity index (χ4v) is 2.49. The number of hydrogen-bond donors (Lipinski definition) is 1. The summed E-state index contributed by atoms with van der Waals surface area (Å²) in [5, 5.41) is 12.4. The molecule has 1 rings (SSSR count).